The number of aryl methyl sites for hydroxylation is 1. The normalized spacial score (nSPS) is 10.1. The first-order valence-corrected chi connectivity index (χ1v) is 6.47. The van der Waals surface area contributed by atoms with Gasteiger partial charge in [0, 0.05) is 25.4 Å². The molecule has 0 aliphatic rings. The Morgan fingerprint density at radius 3 is 2.48 bits per heavy atom. The lowest BCUT2D eigenvalue weighted by Crippen LogP contribution is -2.11. The number of aromatic nitrogens is 2. The van der Waals surface area contributed by atoms with Gasteiger partial charge in [-0.2, -0.15) is 5.10 Å². The molecule has 0 unspecified atom stereocenters. The van der Waals surface area contributed by atoms with Gasteiger partial charge < -0.3 is 15.1 Å². The summed E-state index contributed by atoms with van der Waals surface area (Å²) in [5, 5.41) is 20.6. The summed E-state index contributed by atoms with van der Waals surface area (Å²) in [6.07, 6.45) is 1.77. The van der Waals surface area contributed by atoms with Crippen molar-refractivity contribution in [3.05, 3.63) is 41.6 Å². The molecule has 0 spiro atoms. The highest BCUT2D eigenvalue weighted by atomic mass is 16.3. The molecule has 0 fully saturated rings. The molecule has 1 aromatic carbocycles. The molecule has 2 rings (SSSR count). The van der Waals surface area contributed by atoms with Crippen LogP contribution in [-0.2, 0) is 25.0 Å². The number of carboxylic acid groups (broad SMARTS) is 1. The highest BCUT2D eigenvalue weighted by Crippen LogP contribution is 2.24. The number of hydrogen-bond donors (Lipinski definition) is 2. The standard InChI is InChI=1S/C14H19N3O.CH2O2/c1-16(2)9-11-4-5-13(12(8-11)10-18)14-6-7-15-17(14)3;2-1-3/h4-8,18H,9-10H2,1-3H3;1H,(H,2,3). The zero-order valence-electron chi connectivity index (χ0n) is 12.5. The van der Waals surface area contributed by atoms with Gasteiger partial charge in [-0.05, 0) is 31.3 Å². The number of benzene rings is 1. The van der Waals surface area contributed by atoms with Crippen molar-refractivity contribution in [2.45, 2.75) is 13.2 Å². The van der Waals surface area contributed by atoms with E-state index in [0.717, 1.165) is 23.4 Å². The molecular formula is C15H21N3O3. The molecule has 2 aromatic rings. The van der Waals surface area contributed by atoms with Crippen LogP contribution in [-0.4, -0.2) is 45.5 Å². The molecule has 0 radical (unpaired) electrons. The molecule has 114 valence electrons. The van der Waals surface area contributed by atoms with E-state index < -0.39 is 0 Å². The van der Waals surface area contributed by atoms with Crippen LogP contribution in [0.15, 0.2) is 30.5 Å². The highest BCUT2D eigenvalue weighted by molar-refractivity contribution is 5.64. The minimum Gasteiger partial charge on any atom is -0.483 e. The Bertz CT molecular complexity index is 579. The Morgan fingerprint density at radius 1 is 1.33 bits per heavy atom. The third kappa shape index (κ3) is 4.70. The number of rotatable bonds is 4. The number of nitrogens with zero attached hydrogens (tertiary/aromatic N) is 3. The minimum absolute atomic E-state index is 0.0434. The number of hydrogen-bond acceptors (Lipinski definition) is 4. The molecule has 0 aliphatic heterocycles. The predicted octanol–water partition coefficient (Wildman–Crippen LogP) is 1.34. The van der Waals surface area contributed by atoms with Gasteiger partial charge in [-0.1, -0.05) is 18.2 Å². The van der Waals surface area contributed by atoms with Crippen LogP contribution in [0.5, 0.6) is 0 Å². The third-order valence-corrected chi connectivity index (χ3v) is 2.94. The average molecular weight is 291 g/mol. The van der Waals surface area contributed by atoms with Crippen LogP contribution in [0.4, 0.5) is 0 Å². The first-order chi connectivity index (χ1) is 10.0. The van der Waals surface area contributed by atoms with Crippen molar-refractivity contribution < 1.29 is 15.0 Å². The van der Waals surface area contributed by atoms with Crippen LogP contribution in [0.2, 0.25) is 0 Å². The van der Waals surface area contributed by atoms with E-state index in [0.29, 0.717) is 0 Å². The van der Waals surface area contributed by atoms with Crippen LogP contribution >= 0.6 is 0 Å². The summed E-state index contributed by atoms with van der Waals surface area (Å²) in [6, 6.07) is 8.17. The Kier molecular flexibility index (Phi) is 6.58. The number of aliphatic hydroxyl groups is 1. The molecule has 21 heavy (non-hydrogen) atoms. The van der Waals surface area contributed by atoms with E-state index >= 15 is 0 Å². The van der Waals surface area contributed by atoms with Gasteiger partial charge in [0.05, 0.1) is 12.3 Å². The summed E-state index contributed by atoms with van der Waals surface area (Å²) in [7, 11) is 5.98. The molecule has 6 nitrogen and oxygen atoms in total. The topological polar surface area (TPSA) is 78.6 Å². The van der Waals surface area contributed by atoms with Crippen LogP contribution in [0.25, 0.3) is 11.3 Å². The quantitative estimate of drug-likeness (QED) is 0.831. The molecule has 1 aromatic heterocycles. The molecule has 0 amide bonds. The number of carbonyl (C=O) groups is 1. The Hall–Kier alpha value is -2.18. The van der Waals surface area contributed by atoms with Crippen molar-refractivity contribution in [3.8, 4) is 11.3 Å². The third-order valence-electron chi connectivity index (χ3n) is 2.94. The first-order valence-electron chi connectivity index (χ1n) is 6.47. The van der Waals surface area contributed by atoms with E-state index in [2.05, 4.69) is 28.2 Å². The van der Waals surface area contributed by atoms with Crippen molar-refractivity contribution in [1.29, 1.82) is 0 Å². The molecule has 0 saturated heterocycles. The summed E-state index contributed by atoms with van der Waals surface area (Å²) in [5.74, 6) is 0. The van der Waals surface area contributed by atoms with Crippen LogP contribution in [0, 0.1) is 0 Å². The first kappa shape index (κ1) is 16.9. The summed E-state index contributed by atoms with van der Waals surface area (Å²) >= 11 is 0. The zero-order chi connectivity index (χ0) is 15.8. The SMILES string of the molecule is CN(C)Cc1ccc(-c2ccnn2C)c(CO)c1.O=CO. The fourth-order valence-corrected chi connectivity index (χ4v) is 2.13. The second-order valence-corrected chi connectivity index (χ2v) is 4.83. The Labute approximate surface area is 124 Å². The van der Waals surface area contributed by atoms with Crippen molar-refractivity contribution in [2.75, 3.05) is 14.1 Å². The van der Waals surface area contributed by atoms with Crippen LogP contribution in [0.1, 0.15) is 11.1 Å². The average Bonchev–Trinajstić information content (AvgIpc) is 2.85. The van der Waals surface area contributed by atoms with E-state index in [9.17, 15) is 5.11 Å². The lowest BCUT2D eigenvalue weighted by atomic mass is 10.0. The summed E-state index contributed by atoms with van der Waals surface area (Å²) in [6.45, 7) is 0.667. The molecule has 0 atom stereocenters. The van der Waals surface area contributed by atoms with Gasteiger partial charge in [-0.3, -0.25) is 9.48 Å². The molecule has 1 heterocycles. The predicted molar refractivity (Wildman–Crippen MR) is 80.7 cm³/mol. The van der Waals surface area contributed by atoms with Gasteiger partial charge in [-0.15, -0.1) is 0 Å². The van der Waals surface area contributed by atoms with Crippen molar-refractivity contribution in [2.24, 2.45) is 7.05 Å². The lowest BCUT2D eigenvalue weighted by Gasteiger charge is -2.13. The maximum atomic E-state index is 9.52. The smallest absolute Gasteiger partial charge is 0.290 e. The second-order valence-electron chi connectivity index (χ2n) is 4.83. The van der Waals surface area contributed by atoms with Crippen molar-refractivity contribution in [3.63, 3.8) is 0 Å². The van der Waals surface area contributed by atoms with E-state index in [-0.39, 0.29) is 13.1 Å². The van der Waals surface area contributed by atoms with Crippen molar-refractivity contribution >= 4 is 6.47 Å². The monoisotopic (exact) mass is 291 g/mol. The van der Waals surface area contributed by atoms with Gasteiger partial charge in [0.25, 0.3) is 6.47 Å². The molecular weight excluding hydrogens is 270 g/mol. The summed E-state index contributed by atoms with van der Waals surface area (Å²) in [5.41, 5.74) is 4.21. The molecule has 0 saturated carbocycles. The largest absolute Gasteiger partial charge is 0.483 e. The second kappa shape index (κ2) is 8.18. The van der Waals surface area contributed by atoms with E-state index in [1.54, 1.807) is 6.20 Å². The Morgan fingerprint density at radius 2 is 2.00 bits per heavy atom. The molecule has 6 heteroatoms. The molecule has 2 N–H and O–H groups in total. The van der Waals surface area contributed by atoms with Crippen LogP contribution in [0.3, 0.4) is 0 Å². The van der Waals surface area contributed by atoms with Gasteiger partial charge in [0.1, 0.15) is 0 Å². The fraction of sp³-hybridized carbons (Fsp3) is 0.333. The lowest BCUT2D eigenvalue weighted by molar-refractivity contribution is -0.122. The highest BCUT2D eigenvalue weighted by Gasteiger charge is 2.09. The van der Waals surface area contributed by atoms with Crippen molar-refractivity contribution in [1.82, 2.24) is 14.7 Å². The fourth-order valence-electron chi connectivity index (χ4n) is 2.13. The van der Waals surface area contributed by atoms with Gasteiger partial charge >= 0.3 is 0 Å². The van der Waals surface area contributed by atoms with Gasteiger partial charge in [-0.25, -0.2) is 0 Å². The van der Waals surface area contributed by atoms with Gasteiger partial charge in [0.2, 0.25) is 0 Å². The maximum absolute atomic E-state index is 9.52. The van der Waals surface area contributed by atoms with Gasteiger partial charge in [0.15, 0.2) is 0 Å². The van der Waals surface area contributed by atoms with E-state index in [4.69, 9.17) is 9.90 Å². The van der Waals surface area contributed by atoms with Crippen LogP contribution < -0.4 is 0 Å². The summed E-state index contributed by atoms with van der Waals surface area (Å²) < 4.78 is 1.82. The van der Waals surface area contributed by atoms with E-state index in [1.165, 1.54) is 5.56 Å². The molecule has 0 bridgehead atoms. The maximum Gasteiger partial charge on any atom is 0.290 e. The summed E-state index contributed by atoms with van der Waals surface area (Å²) in [4.78, 5) is 10.5. The van der Waals surface area contributed by atoms with E-state index in [1.807, 2.05) is 31.9 Å². The molecule has 0 aliphatic carbocycles. The zero-order valence-corrected chi connectivity index (χ0v) is 12.5. The number of aliphatic hydroxyl groups excluding tert-OH is 1. The Balaban J connectivity index is 0.000000677. The minimum atomic E-state index is -0.250.